The molecule has 43 heavy (non-hydrogen) atoms. The van der Waals surface area contributed by atoms with Crippen LogP contribution in [0.5, 0.6) is 0 Å². The van der Waals surface area contributed by atoms with Gasteiger partial charge in [0, 0.05) is 0 Å². The van der Waals surface area contributed by atoms with Crippen molar-refractivity contribution in [2.45, 2.75) is 232 Å². The zero-order chi connectivity index (χ0) is 31.9. The van der Waals surface area contributed by atoms with E-state index in [1.165, 1.54) is 135 Å². The summed E-state index contributed by atoms with van der Waals surface area (Å²) < 4.78 is 0. The molecule has 0 fully saturated rings. The van der Waals surface area contributed by atoms with Gasteiger partial charge < -0.3 is 20.4 Å². The normalized spacial score (nSPS) is 14.3. The van der Waals surface area contributed by atoms with E-state index in [0.717, 1.165) is 44.9 Å². The molecule has 0 aromatic carbocycles. The Morgan fingerprint density at radius 1 is 0.395 bits per heavy atom. The van der Waals surface area contributed by atoms with Crippen LogP contribution < -0.4 is 0 Å². The van der Waals surface area contributed by atoms with Crippen molar-refractivity contribution in [3.8, 4) is 0 Å². The SMILES string of the molecule is CCCCCCCCCCCCCCC(O)C(CO)(CO)C(O)(CCCCCCCC)CCCCCCCCCCCC. The second kappa shape index (κ2) is 30.5. The molecule has 0 bridgehead atoms. The maximum atomic E-state index is 12.1. The van der Waals surface area contributed by atoms with Crippen LogP contribution in [0.2, 0.25) is 0 Å². The average Bonchev–Trinajstić information content (AvgIpc) is 3.01. The predicted molar refractivity (Wildman–Crippen MR) is 188 cm³/mol. The lowest BCUT2D eigenvalue weighted by Crippen LogP contribution is -2.59. The van der Waals surface area contributed by atoms with Crippen LogP contribution in [0.3, 0.4) is 0 Å². The number of hydrogen-bond donors (Lipinski definition) is 4. The van der Waals surface area contributed by atoms with E-state index in [0.29, 0.717) is 19.3 Å². The molecule has 4 nitrogen and oxygen atoms in total. The molecule has 260 valence electrons. The Hall–Kier alpha value is -0.160. The largest absolute Gasteiger partial charge is 0.395 e. The van der Waals surface area contributed by atoms with Crippen molar-refractivity contribution >= 4 is 0 Å². The first-order valence-electron chi connectivity index (χ1n) is 19.6. The van der Waals surface area contributed by atoms with Gasteiger partial charge in [0.15, 0.2) is 0 Å². The minimum atomic E-state index is -1.26. The summed E-state index contributed by atoms with van der Waals surface area (Å²) in [7, 11) is 0. The van der Waals surface area contributed by atoms with E-state index in [-0.39, 0.29) is 13.2 Å². The van der Waals surface area contributed by atoms with Gasteiger partial charge >= 0.3 is 0 Å². The van der Waals surface area contributed by atoms with Crippen molar-refractivity contribution in [3.05, 3.63) is 0 Å². The van der Waals surface area contributed by atoms with Gasteiger partial charge in [-0.25, -0.2) is 0 Å². The summed E-state index contributed by atoms with van der Waals surface area (Å²) in [4.78, 5) is 0. The van der Waals surface area contributed by atoms with Gasteiger partial charge in [0.1, 0.15) is 0 Å². The number of aliphatic hydroxyl groups is 4. The molecule has 0 aliphatic carbocycles. The Morgan fingerprint density at radius 3 is 0.930 bits per heavy atom. The molecule has 0 rings (SSSR count). The topological polar surface area (TPSA) is 80.9 Å². The Labute approximate surface area is 270 Å². The Kier molecular flexibility index (Phi) is 30.4. The van der Waals surface area contributed by atoms with Crippen LogP contribution in [-0.2, 0) is 0 Å². The summed E-state index contributed by atoms with van der Waals surface area (Å²) in [5.41, 5.74) is -2.49. The molecule has 0 aliphatic heterocycles. The van der Waals surface area contributed by atoms with Gasteiger partial charge in [-0.15, -0.1) is 0 Å². The van der Waals surface area contributed by atoms with Crippen LogP contribution >= 0.6 is 0 Å². The van der Waals surface area contributed by atoms with Crippen LogP contribution in [0.15, 0.2) is 0 Å². The summed E-state index contributed by atoms with van der Waals surface area (Å²) in [6, 6.07) is 0. The van der Waals surface area contributed by atoms with E-state index in [9.17, 15) is 20.4 Å². The zero-order valence-corrected chi connectivity index (χ0v) is 29.7. The zero-order valence-electron chi connectivity index (χ0n) is 29.7. The number of unbranched alkanes of at least 4 members (excludes halogenated alkanes) is 25. The van der Waals surface area contributed by atoms with Gasteiger partial charge in [-0.1, -0.05) is 201 Å². The van der Waals surface area contributed by atoms with Gasteiger partial charge in [-0.3, -0.25) is 0 Å². The molecule has 2 unspecified atom stereocenters. The molecule has 0 aromatic heterocycles. The molecule has 0 heterocycles. The maximum absolute atomic E-state index is 12.1. The fraction of sp³-hybridized carbons (Fsp3) is 1.00. The van der Waals surface area contributed by atoms with Gasteiger partial charge in [0.2, 0.25) is 0 Å². The first kappa shape index (κ1) is 42.8. The van der Waals surface area contributed by atoms with E-state index in [4.69, 9.17) is 0 Å². The Morgan fingerprint density at radius 2 is 0.651 bits per heavy atom. The van der Waals surface area contributed by atoms with E-state index >= 15 is 0 Å². The van der Waals surface area contributed by atoms with Crippen LogP contribution in [0.4, 0.5) is 0 Å². The summed E-state index contributed by atoms with van der Waals surface area (Å²) in [5, 5.41) is 44.8. The van der Waals surface area contributed by atoms with E-state index < -0.39 is 17.1 Å². The molecule has 0 spiro atoms. The molecular formula is C39H80O4. The minimum absolute atomic E-state index is 0.368. The lowest BCUT2D eigenvalue weighted by Gasteiger charge is -2.48. The Balaban J connectivity index is 4.77. The van der Waals surface area contributed by atoms with Crippen molar-refractivity contribution < 1.29 is 20.4 Å². The smallest absolute Gasteiger partial charge is 0.0772 e. The average molecular weight is 613 g/mol. The van der Waals surface area contributed by atoms with E-state index in [2.05, 4.69) is 20.8 Å². The van der Waals surface area contributed by atoms with Crippen LogP contribution in [-0.4, -0.2) is 45.3 Å². The molecular weight excluding hydrogens is 532 g/mol. The first-order valence-corrected chi connectivity index (χ1v) is 19.6. The molecule has 0 aliphatic rings. The third-order valence-corrected chi connectivity index (χ3v) is 10.3. The van der Waals surface area contributed by atoms with Crippen molar-refractivity contribution in [1.29, 1.82) is 0 Å². The number of hydrogen-bond acceptors (Lipinski definition) is 4. The van der Waals surface area contributed by atoms with Crippen molar-refractivity contribution in [2.75, 3.05) is 13.2 Å². The van der Waals surface area contributed by atoms with Gasteiger partial charge in [0.05, 0.1) is 30.3 Å². The third kappa shape index (κ3) is 20.6. The molecule has 2 atom stereocenters. The number of aliphatic hydroxyl groups excluding tert-OH is 3. The second-order valence-corrected chi connectivity index (χ2v) is 14.1. The van der Waals surface area contributed by atoms with Crippen molar-refractivity contribution in [3.63, 3.8) is 0 Å². The second-order valence-electron chi connectivity index (χ2n) is 14.1. The Bertz CT molecular complexity index is 549. The van der Waals surface area contributed by atoms with Gasteiger partial charge in [-0.2, -0.15) is 0 Å². The highest BCUT2D eigenvalue weighted by Crippen LogP contribution is 2.43. The van der Waals surface area contributed by atoms with E-state index in [1.54, 1.807) is 0 Å². The first-order chi connectivity index (χ1) is 21.0. The molecule has 4 N–H and O–H groups in total. The molecule has 0 radical (unpaired) electrons. The van der Waals surface area contributed by atoms with Gasteiger partial charge in [0.25, 0.3) is 0 Å². The summed E-state index contributed by atoms with van der Waals surface area (Å²) in [6.45, 7) is 6.01. The van der Waals surface area contributed by atoms with E-state index in [1.807, 2.05) is 0 Å². The quantitative estimate of drug-likeness (QED) is 0.0537. The summed E-state index contributed by atoms with van der Waals surface area (Å²) in [6.07, 6.45) is 35.0. The highest BCUT2D eigenvalue weighted by atomic mass is 16.3. The lowest BCUT2D eigenvalue weighted by atomic mass is 9.63. The standard InChI is InChI=1S/C39H80O4/c1-4-7-10-13-16-18-20-21-22-24-26-29-32-37(42)38(35-40,36-41)39(43,33-30-27-15-12-9-6-3)34-31-28-25-23-19-17-14-11-8-5-2/h37,40-43H,4-36H2,1-3H3. The monoisotopic (exact) mass is 613 g/mol. The molecule has 0 amide bonds. The van der Waals surface area contributed by atoms with Crippen LogP contribution in [0.25, 0.3) is 0 Å². The fourth-order valence-corrected chi connectivity index (χ4v) is 7.05. The van der Waals surface area contributed by atoms with Crippen LogP contribution in [0.1, 0.15) is 220 Å². The third-order valence-electron chi connectivity index (χ3n) is 10.3. The fourth-order valence-electron chi connectivity index (χ4n) is 7.05. The lowest BCUT2D eigenvalue weighted by molar-refractivity contribution is -0.193. The van der Waals surface area contributed by atoms with Crippen LogP contribution in [0, 0.1) is 5.41 Å². The summed E-state index contributed by atoms with van der Waals surface area (Å²) in [5.74, 6) is 0. The molecule has 0 saturated carbocycles. The van der Waals surface area contributed by atoms with Gasteiger partial charge in [-0.05, 0) is 19.3 Å². The minimum Gasteiger partial charge on any atom is -0.395 e. The predicted octanol–water partition coefficient (Wildman–Crippen LogP) is 11.2. The molecule has 0 aromatic rings. The molecule has 4 heteroatoms. The highest BCUT2D eigenvalue weighted by Gasteiger charge is 2.53. The summed E-state index contributed by atoms with van der Waals surface area (Å²) >= 11 is 0. The number of rotatable bonds is 35. The van der Waals surface area contributed by atoms with Crippen molar-refractivity contribution in [1.82, 2.24) is 0 Å². The highest BCUT2D eigenvalue weighted by molar-refractivity contribution is 5.02. The maximum Gasteiger partial charge on any atom is 0.0772 e. The molecule has 0 saturated heterocycles. The van der Waals surface area contributed by atoms with Crippen molar-refractivity contribution in [2.24, 2.45) is 5.41 Å².